The lowest BCUT2D eigenvalue weighted by atomic mass is 9.92. The van der Waals surface area contributed by atoms with Gasteiger partial charge in [-0.15, -0.1) is 11.8 Å². The van der Waals surface area contributed by atoms with Crippen LogP contribution in [0.1, 0.15) is 31.0 Å². The third kappa shape index (κ3) is 1.89. The molecular weight excluding hydrogens is 249 g/mol. The van der Waals surface area contributed by atoms with E-state index >= 15 is 0 Å². The van der Waals surface area contributed by atoms with E-state index in [0.29, 0.717) is 10.0 Å². The van der Waals surface area contributed by atoms with Crippen molar-refractivity contribution in [2.45, 2.75) is 30.4 Å². The molecule has 1 aliphatic heterocycles. The smallest absolute Gasteiger partial charge is 0.0636 e. The number of hydrogen-bond donors (Lipinski definition) is 1. The fourth-order valence-electron chi connectivity index (χ4n) is 1.77. The van der Waals surface area contributed by atoms with Gasteiger partial charge in [0.1, 0.15) is 0 Å². The topological polar surface area (TPSA) is 26.0 Å². The molecule has 4 heteroatoms. The van der Waals surface area contributed by atoms with Gasteiger partial charge in [0.05, 0.1) is 10.0 Å². The van der Waals surface area contributed by atoms with Crippen LogP contribution >= 0.6 is 35.0 Å². The largest absolute Gasteiger partial charge is 0.323 e. The van der Waals surface area contributed by atoms with Crippen molar-refractivity contribution in [1.29, 1.82) is 0 Å². The molecule has 1 aromatic carbocycles. The maximum atomic E-state index is 6.22. The van der Waals surface area contributed by atoms with Gasteiger partial charge in [0.15, 0.2) is 0 Å². The normalized spacial score (nSPS) is 23.7. The molecule has 0 aromatic heterocycles. The zero-order valence-corrected chi connectivity index (χ0v) is 11.0. The molecule has 0 saturated heterocycles. The Morgan fingerprint density at radius 2 is 2.07 bits per heavy atom. The summed E-state index contributed by atoms with van der Waals surface area (Å²) in [6.07, 6.45) is 0. The average molecular weight is 262 g/mol. The molecule has 2 rings (SSSR count). The minimum Gasteiger partial charge on any atom is -0.323 e. The Balaban J connectivity index is 2.55. The van der Waals surface area contributed by atoms with E-state index in [1.807, 2.05) is 23.9 Å². The van der Waals surface area contributed by atoms with Gasteiger partial charge in [0, 0.05) is 16.5 Å². The van der Waals surface area contributed by atoms with Crippen molar-refractivity contribution in [2.24, 2.45) is 5.73 Å². The van der Waals surface area contributed by atoms with Crippen LogP contribution in [0.25, 0.3) is 0 Å². The molecule has 1 unspecified atom stereocenters. The second-order valence-electron chi connectivity index (χ2n) is 4.30. The molecule has 0 bridgehead atoms. The van der Waals surface area contributed by atoms with Crippen molar-refractivity contribution in [3.63, 3.8) is 0 Å². The zero-order valence-electron chi connectivity index (χ0n) is 8.68. The minimum atomic E-state index is 0.0148. The Labute approximate surface area is 104 Å². The highest BCUT2D eigenvalue weighted by Gasteiger charge is 2.35. The minimum absolute atomic E-state index is 0.0148. The second kappa shape index (κ2) is 3.85. The monoisotopic (exact) mass is 261 g/mol. The van der Waals surface area contributed by atoms with E-state index in [9.17, 15) is 0 Å². The van der Waals surface area contributed by atoms with Crippen molar-refractivity contribution in [2.75, 3.05) is 0 Å². The van der Waals surface area contributed by atoms with Gasteiger partial charge in [-0.25, -0.2) is 0 Å². The molecule has 1 aliphatic rings. The van der Waals surface area contributed by atoms with E-state index in [4.69, 9.17) is 28.9 Å². The van der Waals surface area contributed by atoms with E-state index in [-0.39, 0.29) is 10.8 Å². The van der Waals surface area contributed by atoms with Gasteiger partial charge < -0.3 is 5.73 Å². The van der Waals surface area contributed by atoms with E-state index in [0.717, 1.165) is 16.9 Å². The van der Waals surface area contributed by atoms with Gasteiger partial charge in [-0.2, -0.15) is 0 Å². The fourth-order valence-corrected chi connectivity index (χ4v) is 3.40. The summed E-state index contributed by atoms with van der Waals surface area (Å²) in [4.78, 5) is 0. The number of benzene rings is 1. The lowest BCUT2D eigenvalue weighted by molar-refractivity contribution is 0.552. The quantitative estimate of drug-likeness (QED) is 0.764. The lowest BCUT2D eigenvalue weighted by Crippen LogP contribution is -2.36. The van der Waals surface area contributed by atoms with Gasteiger partial charge >= 0.3 is 0 Å². The first kappa shape index (κ1) is 11.6. The van der Waals surface area contributed by atoms with Gasteiger partial charge in [-0.1, -0.05) is 29.3 Å². The summed E-state index contributed by atoms with van der Waals surface area (Å²) in [5.74, 6) is 0.884. The maximum Gasteiger partial charge on any atom is 0.0636 e. The molecule has 0 amide bonds. The third-order valence-electron chi connectivity index (χ3n) is 2.90. The summed E-state index contributed by atoms with van der Waals surface area (Å²) < 4.78 is 0.0597. The third-order valence-corrected chi connectivity index (χ3v) is 5.18. The Morgan fingerprint density at radius 3 is 2.73 bits per heavy atom. The van der Waals surface area contributed by atoms with Crippen LogP contribution in [0.3, 0.4) is 0 Å². The van der Waals surface area contributed by atoms with Crippen LogP contribution in [0.15, 0.2) is 12.1 Å². The first-order valence-electron chi connectivity index (χ1n) is 4.80. The molecule has 1 heterocycles. The van der Waals surface area contributed by atoms with Crippen LogP contribution in [-0.2, 0) is 5.75 Å². The summed E-state index contributed by atoms with van der Waals surface area (Å²) in [7, 11) is 0. The molecule has 0 radical (unpaired) electrons. The molecule has 0 spiro atoms. The van der Waals surface area contributed by atoms with Gasteiger partial charge in [0.2, 0.25) is 0 Å². The highest BCUT2D eigenvalue weighted by atomic mass is 35.5. The van der Waals surface area contributed by atoms with Gasteiger partial charge in [0.25, 0.3) is 0 Å². The van der Waals surface area contributed by atoms with Crippen LogP contribution in [0.4, 0.5) is 0 Å². The first-order chi connectivity index (χ1) is 6.93. The van der Waals surface area contributed by atoms with Crippen molar-refractivity contribution >= 4 is 35.0 Å². The van der Waals surface area contributed by atoms with E-state index < -0.39 is 0 Å². The molecule has 82 valence electrons. The Hall–Kier alpha value is 0.110. The molecule has 0 saturated carbocycles. The molecule has 1 aromatic rings. The number of nitrogens with two attached hydrogens (primary N) is 1. The Bertz CT molecular complexity index is 404. The highest BCUT2D eigenvalue weighted by molar-refractivity contribution is 8.00. The summed E-state index contributed by atoms with van der Waals surface area (Å²) in [5.41, 5.74) is 8.45. The number of halogens is 2. The zero-order chi connectivity index (χ0) is 11.2. The molecule has 0 fully saturated rings. The number of thioether (sulfide) groups is 1. The molecule has 2 N–H and O–H groups in total. The van der Waals surface area contributed by atoms with E-state index in [2.05, 4.69) is 13.8 Å². The van der Waals surface area contributed by atoms with Crippen LogP contribution < -0.4 is 5.73 Å². The van der Waals surface area contributed by atoms with Gasteiger partial charge in [-0.3, -0.25) is 0 Å². The number of fused-ring (bicyclic) bond motifs is 1. The van der Waals surface area contributed by atoms with Crippen LogP contribution in [-0.4, -0.2) is 4.75 Å². The summed E-state index contributed by atoms with van der Waals surface area (Å²) in [6.45, 7) is 4.32. The Morgan fingerprint density at radius 1 is 1.40 bits per heavy atom. The van der Waals surface area contributed by atoms with Crippen molar-refractivity contribution in [3.8, 4) is 0 Å². The summed E-state index contributed by atoms with van der Waals surface area (Å²) in [5, 5.41) is 1.27. The second-order valence-corrected chi connectivity index (χ2v) is 6.71. The van der Waals surface area contributed by atoms with Crippen molar-refractivity contribution in [1.82, 2.24) is 0 Å². The molecular formula is C11H13Cl2NS. The van der Waals surface area contributed by atoms with Crippen molar-refractivity contribution < 1.29 is 0 Å². The molecule has 1 nitrogen and oxygen atoms in total. The van der Waals surface area contributed by atoms with Crippen LogP contribution in [0.2, 0.25) is 10.0 Å². The number of hydrogen-bond acceptors (Lipinski definition) is 2. The number of rotatable bonds is 0. The fraction of sp³-hybridized carbons (Fsp3) is 0.455. The first-order valence-corrected chi connectivity index (χ1v) is 6.54. The molecule has 0 aliphatic carbocycles. The molecule has 15 heavy (non-hydrogen) atoms. The van der Waals surface area contributed by atoms with Gasteiger partial charge in [-0.05, 0) is 31.0 Å². The molecule has 1 atom stereocenters. The van der Waals surface area contributed by atoms with Crippen LogP contribution in [0, 0.1) is 0 Å². The lowest BCUT2D eigenvalue weighted by Gasteiger charge is -2.37. The van der Waals surface area contributed by atoms with E-state index in [1.54, 1.807) is 0 Å². The highest BCUT2D eigenvalue weighted by Crippen LogP contribution is 2.47. The standard InChI is InChI=1S/C11H13Cl2NS/c1-11(2)10(14)6-3-4-8(12)9(13)7(6)5-15-11/h3-4,10H,5,14H2,1-2H3. The summed E-state index contributed by atoms with van der Waals surface area (Å²) >= 11 is 14.0. The summed E-state index contributed by atoms with van der Waals surface area (Å²) in [6, 6.07) is 3.84. The SMILES string of the molecule is CC1(C)SCc2c(ccc(Cl)c2Cl)C1N. The predicted octanol–water partition coefficient (Wildman–Crippen LogP) is 4.02. The Kier molecular flexibility index (Phi) is 2.97. The van der Waals surface area contributed by atoms with Crippen LogP contribution in [0.5, 0.6) is 0 Å². The van der Waals surface area contributed by atoms with E-state index in [1.165, 1.54) is 0 Å². The predicted molar refractivity (Wildman–Crippen MR) is 68.8 cm³/mol. The van der Waals surface area contributed by atoms with Crippen molar-refractivity contribution in [3.05, 3.63) is 33.3 Å². The maximum absolute atomic E-state index is 6.22. The average Bonchev–Trinajstić information content (AvgIpc) is 2.17.